The fourth-order valence-corrected chi connectivity index (χ4v) is 3.17. The number of rotatable bonds is 2. The number of benzene rings is 2. The van der Waals surface area contributed by atoms with Gasteiger partial charge in [0, 0.05) is 13.4 Å². The van der Waals surface area contributed by atoms with Gasteiger partial charge in [-0.15, -0.1) is 0 Å². The molecule has 1 N–H and O–H groups in total. The van der Waals surface area contributed by atoms with Crippen LogP contribution in [-0.4, -0.2) is 5.91 Å². The van der Waals surface area contributed by atoms with Crippen molar-refractivity contribution in [2.45, 2.75) is 6.92 Å². The van der Waals surface area contributed by atoms with Gasteiger partial charge in [-0.05, 0) is 69.1 Å². The number of anilines is 1. The molecule has 1 amide bonds. The molecule has 98 valence electrons. The molecule has 2 nitrogen and oxygen atoms in total. The van der Waals surface area contributed by atoms with E-state index in [0.29, 0.717) is 5.56 Å². The minimum atomic E-state index is -0.140. The summed E-state index contributed by atoms with van der Waals surface area (Å²) < 4.78 is 2.57. The second-order valence-electron chi connectivity index (χ2n) is 4.06. The topological polar surface area (TPSA) is 29.1 Å². The molecular formula is C14H10Br3NO. The largest absolute Gasteiger partial charge is 0.321 e. The molecule has 0 fully saturated rings. The van der Waals surface area contributed by atoms with Gasteiger partial charge in [-0.25, -0.2) is 0 Å². The number of carbonyl (C=O) groups excluding carboxylic acids is 1. The second kappa shape index (κ2) is 6.20. The van der Waals surface area contributed by atoms with Crippen LogP contribution in [0.5, 0.6) is 0 Å². The van der Waals surface area contributed by atoms with E-state index in [1.165, 1.54) is 0 Å². The Bertz CT molecular complexity index is 641. The summed E-state index contributed by atoms with van der Waals surface area (Å²) in [6.45, 7) is 1.96. The van der Waals surface area contributed by atoms with Gasteiger partial charge in [0.1, 0.15) is 0 Å². The van der Waals surface area contributed by atoms with Crippen molar-refractivity contribution in [3.8, 4) is 0 Å². The molecule has 0 radical (unpaired) electrons. The van der Waals surface area contributed by atoms with Crippen LogP contribution >= 0.6 is 47.8 Å². The number of carbonyl (C=O) groups is 1. The number of halogens is 3. The third-order valence-electron chi connectivity index (χ3n) is 2.55. The van der Waals surface area contributed by atoms with Crippen LogP contribution in [-0.2, 0) is 0 Å². The van der Waals surface area contributed by atoms with E-state index >= 15 is 0 Å². The molecule has 0 heterocycles. The quantitative estimate of drug-likeness (QED) is 0.643. The van der Waals surface area contributed by atoms with Gasteiger partial charge in [0.2, 0.25) is 0 Å². The van der Waals surface area contributed by atoms with Crippen LogP contribution in [0, 0.1) is 6.92 Å². The molecule has 0 aromatic heterocycles. The molecule has 0 aliphatic carbocycles. The lowest BCUT2D eigenvalue weighted by Gasteiger charge is -2.09. The first-order valence-electron chi connectivity index (χ1n) is 5.50. The molecule has 2 aromatic rings. The van der Waals surface area contributed by atoms with Crippen molar-refractivity contribution >= 4 is 59.4 Å². The summed E-state index contributed by atoms with van der Waals surface area (Å²) in [5.41, 5.74) is 2.40. The molecular weight excluding hydrogens is 438 g/mol. The van der Waals surface area contributed by atoms with Gasteiger partial charge in [0.05, 0.1) is 11.3 Å². The molecule has 0 unspecified atom stereocenters. The average Bonchev–Trinajstić information content (AvgIpc) is 2.35. The standard InChI is InChI=1S/C14H10Br3NO/c1-8-2-4-11(16)10(6-8)14(19)18-13-5-3-9(15)7-12(13)17/h2-7H,1H3,(H,18,19). The van der Waals surface area contributed by atoms with Gasteiger partial charge in [-0.1, -0.05) is 27.6 Å². The SMILES string of the molecule is Cc1ccc(Br)c(C(=O)Nc2ccc(Br)cc2Br)c1. The Morgan fingerprint density at radius 3 is 2.42 bits per heavy atom. The summed E-state index contributed by atoms with van der Waals surface area (Å²) in [5, 5.41) is 2.89. The number of hydrogen-bond donors (Lipinski definition) is 1. The minimum absolute atomic E-state index is 0.140. The molecule has 0 bridgehead atoms. The summed E-state index contributed by atoms with van der Waals surface area (Å²) in [4.78, 5) is 12.3. The molecule has 0 aliphatic rings. The molecule has 0 saturated heterocycles. The number of aryl methyl sites for hydroxylation is 1. The summed E-state index contributed by atoms with van der Waals surface area (Å²) in [7, 11) is 0. The maximum Gasteiger partial charge on any atom is 0.256 e. The minimum Gasteiger partial charge on any atom is -0.321 e. The molecule has 19 heavy (non-hydrogen) atoms. The van der Waals surface area contributed by atoms with Gasteiger partial charge < -0.3 is 5.32 Å². The third kappa shape index (κ3) is 3.68. The van der Waals surface area contributed by atoms with Crippen molar-refractivity contribution in [2.75, 3.05) is 5.32 Å². The average molecular weight is 448 g/mol. The highest BCUT2D eigenvalue weighted by atomic mass is 79.9. The predicted molar refractivity (Wildman–Crippen MR) is 88.7 cm³/mol. The molecule has 0 spiro atoms. The molecule has 2 rings (SSSR count). The molecule has 0 aliphatic heterocycles. The highest BCUT2D eigenvalue weighted by Crippen LogP contribution is 2.27. The highest BCUT2D eigenvalue weighted by molar-refractivity contribution is 9.11. The van der Waals surface area contributed by atoms with Crippen LogP contribution in [0.4, 0.5) is 5.69 Å². The molecule has 0 atom stereocenters. The van der Waals surface area contributed by atoms with Gasteiger partial charge in [-0.3, -0.25) is 4.79 Å². The third-order valence-corrected chi connectivity index (χ3v) is 4.39. The zero-order chi connectivity index (χ0) is 14.0. The van der Waals surface area contributed by atoms with Crippen molar-refractivity contribution in [1.82, 2.24) is 0 Å². The van der Waals surface area contributed by atoms with Crippen molar-refractivity contribution < 1.29 is 4.79 Å². The summed E-state index contributed by atoms with van der Waals surface area (Å²) in [5.74, 6) is -0.140. The Balaban J connectivity index is 2.28. The molecule has 5 heteroatoms. The van der Waals surface area contributed by atoms with Gasteiger partial charge in [0.15, 0.2) is 0 Å². The number of hydrogen-bond acceptors (Lipinski definition) is 1. The lowest BCUT2D eigenvalue weighted by atomic mass is 10.1. The van der Waals surface area contributed by atoms with Crippen LogP contribution in [0.15, 0.2) is 49.8 Å². The molecule has 0 saturated carbocycles. The summed E-state index contributed by atoms with van der Waals surface area (Å²) >= 11 is 10.2. The lowest BCUT2D eigenvalue weighted by molar-refractivity contribution is 0.102. The Morgan fingerprint density at radius 1 is 1.00 bits per heavy atom. The van der Waals surface area contributed by atoms with Crippen LogP contribution in [0.25, 0.3) is 0 Å². The Hall–Kier alpha value is -0.650. The second-order valence-corrected chi connectivity index (χ2v) is 6.69. The lowest BCUT2D eigenvalue weighted by Crippen LogP contribution is -2.13. The monoisotopic (exact) mass is 445 g/mol. The zero-order valence-electron chi connectivity index (χ0n) is 10.0. The molecule has 2 aromatic carbocycles. The first kappa shape index (κ1) is 14.8. The fourth-order valence-electron chi connectivity index (χ4n) is 1.59. The summed E-state index contributed by atoms with van der Waals surface area (Å²) in [6.07, 6.45) is 0. The van der Waals surface area contributed by atoms with Crippen molar-refractivity contribution in [1.29, 1.82) is 0 Å². The van der Waals surface area contributed by atoms with Crippen LogP contribution < -0.4 is 5.32 Å². The first-order valence-corrected chi connectivity index (χ1v) is 7.88. The van der Waals surface area contributed by atoms with E-state index in [4.69, 9.17) is 0 Å². The number of amides is 1. The van der Waals surface area contributed by atoms with E-state index in [9.17, 15) is 4.79 Å². The normalized spacial score (nSPS) is 10.3. The Kier molecular flexibility index (Phi) is 4.81. The van der Waals surface area contributed by atoms with E-state index in [-0.39, 0.29) is 5.91 Å². The highest BCUT2D eigenvalue weighted by Gasteiger charge is 2.12. The van der Waals surface area contributed by atoms with Crippen LogP contribution in [0.2, 0.25) is 0 Å². The smallest absolute Gasteiger partial charge is 0.256 e. The zero-order valence-corrected chi connectivity index (χ0v) is 14.8. The van der Waals surface area contributed by atoms with Gasteiger partial charge in [-0.2, -0.15) is 0 Å². The first-order chi connectivity index (χ1) is 8.97. The van der Waals surface area contributed by atoms with Crippen molar-refractivity contribution in [2.24, 2.45) is 0 Å². The van der Waals surface area contributed by atoms with Gasteiger partial charge in [0.25, 0.3) is 5.91 Å². The van der Waals surface area contributed by atoms with E-state index < -0.39 is 0 Å². The van der Waals surface area contributed by atoms with Crippen LogP contribution in [0.3, 0.4) is 0 Å². The van der Waals surface area contributed by atoms with Crippen molar-refractivity contribution in [3.05, 3.63) is 60.9 Å². The van der Waals surface area contributed by atoms with E-state index in [0.717, 1.165) is 24.7 Å². The Morgan fingerprint density at radius 2 is 1.74 bits per heavy atom. The van der Waals surface area contributed by atoms with Crippen LogP contribution in [0.1, 0.15) is 15.9 Å². The predicted octanol–water partition coefficient (Wildman–Crippen LogP) is 5.53. The van der Waals surface area contributed by atoms with Gasteiger partial charge >= 0.3 is 0 Å². The Labute approximate surface area is 137 Å². The fraction of sp³-hybridized carbons (Fsp3) is 0.0714. The maximum atomic E-state index is 12.3. The van der Waals surface area contributed by atoms with E-state index in [1.54, 1.807) is 0 Å². The van der Waals surface area contributed by atoms with E-state index in [1.807, 2.05) is 43.3 Å². The van der Waals surface area contributed by atoms with Crippen molar-refractivity contribution in [3.63, 3.8) is 0 Å². The summed E-state index contributed by atoms with van der Waals surface area (Å²) in [6, 6.07) is 11.3. The van der Waals surface area contributed by atoms with E-state index in [2.05, 4.69) is 53.1 Å². The maximum absolute atomic E-state index is 12.3. The number of nitrogens with one attached hydrogen (secondary N) is 1.